The molecule has 0 spiro atoms. The van der Waals surface area contributed by atoms with Crippen molar-refractivity contribution in [3.05, 3.63) is 94.8 Å². The van der Waals surface area contributed by atoms with E-state index in [0.29, 0.717) is 33.9 Å². The second kappa shape index (κ2) is 12.3. The Morgan fingerprint density at radius 2 is 1.61 bits per heavy atom. The molecule has 0 heterocycles. The number of unbranched alkanes of at least 4 members (excludes halogenated alkanes) is 2. The van der Waals surface area contributed by atoms with Gasteiger partial charge < -0.3 is 4.74 Å². The van der Waals surface area contributed by atoms with Crippen LogP contribution in [0.4, 0.5) is 13.2 Å². The van der Waals surface area contributed by atoms with E-state index in [1.54, 1.807) is 24.3 Å². The third kappa shape index (κ3) is 6.21. The Morgan fingerprint density at radius 1 is 0.861 bits per heavy atom. The molecule has 1 fully saturated rings. The van der Waals surface area contributed by atoms with Gasteiger partial charge in [-0.25, -0.2) is 13.2 Å². The van der Waals surface area contributed by atoms with Crippen molar-refractivity contribution in [2.24, 2.45) is 5.92 Å². The largest absolute Gasteiger partial charge is 0.497 e. The molecule has 0 unspecified atom stereocenters. The molecule has 0 atom stereocenters. The predicted molar refractivity (Wildman–Crippen MR) is 142 cm³/mol. The van der Waals surface area contributed by atoms with Crippen LogP contribution < -0.4 is 4.74 Å². The molecule has 4 rings (SSSR count). The zero-order chi connectivity index (χ0) is 25.5. The molecule has 0 aliphatic heterocycles. The highest BCUT2D eigenvalue weighted by Gasteiger charge is 2.25. The Labute approximate surface area is 213 Å². The monoisotopic (exact) mass is 492 g/mol. The molecular weight excluding hydrogens is 457 g/mol. The molecule has 0 saturated heterocycles. The van der Waals surface area contributed by atoms with Gasteiger partial charge in [-0.1, -0.05) is 68.3 Å². The van der Waals surface area contributed by atoms with Crippen LogP contribution in [0.25, 0.3) is 17.2 Å². The molecule has 1 aliphatic rings. The van der Waals surface area contributed by atoms with Gasteiger partial charge in [0, 0.05) is 17.2 Å². The second-order valence-electron chi connectivity index (χ2n) is 9.84. The first-order chi connectivity index (χ1) is 17.5. The highest BCUT2D eigenvalue weighted by Crippen LogP contribution is 2.39. The highest BCUT2D eigenvalue weighted by molar-refractivity contribution is 5.65. The molecule has 1 saturated carbocycles. The van der Waals surface area contributed by atoms with Gasteiger partial charge in [0.1, 0.15) is 11.6 Å². The van der Waals surface area contributed by atoms with Crippen molar-refractivity contribution in [1.82, 2.24) is 0 Å². The van der Waals surface area contributed by atoms with Gasteiger partial charge in [0.25, 0.3) is 0 Å². The molecule has 0 bridgehead atoms. The van der Waals surface area contributed by atoms with Gasteiger partial charge >= 0.3 is 0 Å². The number of allylic oxidation sites excluding steroid dienone is 1. The summed E-state index contributed by atoms with van der Waals surface area (Å²) >= 11 is 0. The summed E-state index contributed by atoms with van der Waals surface area (Å²) in [5, 5.41) is 0. The minimum atomic E-state index is -0.761. The zero-order valence-electron chi connectivity index (χ0n) is 21.2. The Balaban J connectivity index is 1.39. The van der Waals surface area contributed by atoms with E-state index in [1.165, 1.54) is 31.6 Å². The minimum Gasteiger partial charge on any atom is -0.497 e. The maximum atomic E-state index is 15.1. The van der Waals surface area contributed by atoms with Crippen molar-refractivity contribution < 1.29 is 17.9 Å². The summed E-state index contributed by atoms with van der Waals surface area (Å²) in [6.45, 7) is 2.18. The maximum absolute atomic E-state index is 15.1. The minimum absolute atomic E-state index is 0.00290. The summed E-state index contributed by atoms with van der Waals surface area (Å²) < 4.78 is 49.5. The summed E-state index contributed by atoms with van der Waals surface area (Å²) in [6, 6.07) is 16.1. The van der Waals surface area contributed by atoms with E-state index in [2.05, 4.69) is 6.92 Å². The van der Waals surface area contributed by atoms with E-state index >= 15 is 8.78 Å². The SMILES string of the molecule is CCCCCc1ccc(-c2ccc(C3CCC(/C=C/c4ccc(OC)cc4F)CC3)c(F)c2F)cc1. The van der Waals surface area contributed by atoms with Crippen LogP contribution in [0.1, 0.15) is 74.5 Å². The molecule has 1 nitrogen and oxygen atoms in total. The quantitative estimate of drug-likeness (QED) is 0.270. The van der Waals surface area contributed by atoms with Crippen molar-refractivity contribution in [2.45, 2.75) is 64.2 Å². The fourth-order valence-corrected chi connectivity index (χ4v) is 5.17. The molecule has 0 radical (unpaired) electrons. The molecule has 0 aromatic heterocycles. The van der Waals surface area contributed by atoms with Crippen LogP contribution in [-0.2, 0) is 6.42 Å². The van der Waals surface area contributed by atoms with Crippen molar-refractivity contribution in [3.63, 3.8) is 0 Å². The van der Waals surface area contributed by atoms with Crippen LogP contribution in [0, 0.1) is 23.4 Å². The predicted octanol–water partition coefficient (Wildman–Crippen LogP) is 9.50. The maximum Gasteiger partial charge on any atom is 0.166 e. The van der Waals surface area contributed by atoms with Crippen molar-refractivity contribution in [3.8, 4) is 16.9 Å². The van der Waals surface area contributed by atoms with Crippen LogP contribution in [0.2, 0.25) is 0 Å². The first kappa shape index (κ1) is 26.1. The van der Waals surface area contributed by atoms with Crippen LogP contribution in [0.3, 0.4) is 0 Å². The highest BCUT2D eigenvalue weighted by atomic mass is 19.2. The van der Waals surface area contributed by atoms with E-state index in [4.69, 9.17) is 4.74 Å². The van der Waals surface area contributed by atoms with Crippen molar-refractivity contribution in [2.75, 3.05) is 7.11 Å². The smallest absolute Gasteiger partial charge is 0.166 e. The third-order valence-corrected chi connectivity index (χ3v) is 7.41. The molecule has 1 aliphatic carbocycles. The van der Waals surface area contributed by atoms with Crippen LogP contribution >= 0.6 is 0 Å². The number of ether oxygens (including phenoxy) is 1. The Hall–Kier alpha value is -3.01. The number of hydrogen-bond donors (Lipinski definition) is 0. The number of aryl methyl sites for hydroxylation is 1. The first-order valence-corrected chi connectivity index (χ1v) is 13.1. The lowest BCUT2D eigenvalue weighted by Gasteiger charge is -2.27. The van der Waals surface area contributed by atoms with Gasteiger partial charge in [0.15, 0.2) is 11.6 Å². The molecule has 0 N–H and O–H groups in total. The number of halogens is 3. The standard InChI is InChI=1S/C32H35F3O/c1-3-4-5-6-22-7-12-24(13-8-22)28-19-20-29(32(35)31(28)34)25-14-9-23(10-15-25)11-16-26-17-18-27(36-2)21-30(26)33/h7-8,11-13,16-21,23,25H,3-6,9-10,14-15H2,1-2H3/b16-11+. The summed E-state index contributed by atoms with van der Waals surface area (Å²) in [5.41, 5.74) is 3.24. The third-order valence-electron chi connectivity index (χ3n) is 7.41. The van der Waals surface area contributed by atoms with Crippen LogP contribution in [0.15, 0.2) is 60.7 Å². The van der Waals surface area contributed by atoms with Gasteiger partial charge in [-0.05, 0) is 79.2 Å². The summed E-state index contributed by atoms with van der Waals surface area (Å²) in [5.74, 6) is -1.02. The van der Waals surface area contributed by atoms with E-state index < -0.39 is 11.6 Å². The molecule has 3 aromatic rings. The zero-order valence-corrected chi connectivity index (χ0v) is 21.2. The number of methoxy groups -OCH3 is 1. The fourth-order valence-electron chi connectivity index (χ4n) is 5.17. The van der Waals surface area contributed by atoms with E-state index in [9.17, 15) is 4.39 Å². The molecule has 3 aromatic carbocycles. The van der Waals surface area contributed by atoms with Gasteiger partial charge in [-0.3, -0.25) is 0 Å². The summed E-state index contributed by atoms with van der Waals surface area (Å²) in [7, 11) is 1.51. The molecule has 190 valence electrons. The first-order valence-electron chi connectivity index (χ1n) is 13.1. The average Bonchev–Trinajstić information content (AvgIpc) is 2.90. The topological polar surface area (TPSA) is 9.23 Å². The van der Waals surface area contributed by atoms with Crippen LogP contribution in [0.5, 0.6) is 5.75 Å². The molecule has 4 heteroatoms. The molecule has 0 amide bonds. The van der Waals surface area contributed by atoms with Gasteiger partial charge in [0.05, 0.1) is 7.11 Å². The summed E-state index contributed by atoms with van der Waals surface area (Å²) in [4.78, 5) is 0. The molecular formula is C32H35F3O. The van der Waals surface area contributed by atoms with Gasteiger partial charge in [-0.15, -0.1) is 0 Å². The number of rotatable bonds is 9. The Bertz CT molecular complexity index is 1170. The van der Waals surface area contributed by atoms with E-state index in [1.807, 2.05) is 36.4 Å². The van der Waals surface area contributed by atoms with Crippen LogP contribution in [-0.4, -0.2) is 7.11 Å². The van der Waals surface area contributed by atoms with Gasteiger partial charge in [0.2, 0.25) is 0 Å². The second-order valence-corrected chi connectivity index (χ2v) is 9.84. The Morgan fingerprint density at radius 3 is 2.28 bits per heavy atom. The lowest BCUT2D eigenvalue weighted by atomic mass is 9.78. The fraction of sp³-hybridized carbons (Fsp3) is 0.375. The number of hydrogen-bond acceptors (Lipinski definition) is 1. The normalized spacial score (nSPS) is 18.0. The van der Waals surface area contributed by atoms with E-state index in [-0.39, 0.29) is 11.7 Å². The van der Waals surface area contributed by atoms with E-state index in [0.717, 1.165) is 38.5 Å². The van der Waals surface area contributed by atoms with Crippen molar-refractivity contribution in [1.29, 1.82) is 0 Å². The molecule has 36 heavy (non-hydrogen) atoms. The lowest BCUT2D eigenvalue weighted by molar-refractivity contribution is 0.365. The lowest BCUT2D eigenvalue weighted by Crippen LogP contribution is -2.13. The summed E-state index contributed by atoms with van der Waals surface area (Å²) in [6.07, 6.45) is 11.7. The van der Waals surface area contributed by atoms with Gasteiger partial charge in [-0.2, -0.15) is 0 Å². The van der Waals surface area contributed by atoms with Crippen molar-refractivity contribution >= 4 is 6.08 Å². The Kier molecular flexibility index (Phi) is 8.90. The average molecular weight is 493 g/mol. The number of benzene rings is 3.